The maximum atomic E-state index is 13.6. The van der Waals surface area contributed by atoms with Gasteiger partial charge in [0.15, 0.2) is 11.0 Å². The zero-order chi connectivity index (χ0) is 24.9. The summed E-state index contributed by atoms with van der Waals surface area (Å²) < 4.78 is 20.9. The van der Waals surface area contributed by atoms with Gasteiger partial charge < -0.3 is 10.1 Å². The molecule has 35 heavy (non-hydrogen) atoms. The van der Waals surface area contributed by atoms with Crippen LogP contribution in [0.15, 0.2) is 78.0 Å². The lowest BCUT2D eigenvalue weighted by molar-refractivity contribution is -0.387. The van der Waals surface area contributed by atoms with Crippen LogP contribution in [-0.2, 0) is 4.79 Å². The lowest BCUT2D eigenvalue weighted by Gasteiger charge is -2.15. The van der Waals surface area contributed by atoms with Crippen molar-refractivity contribution in [1.82, 2.24) is 14.8 Å². The molecule has 4 aromatic rings. The van der Waals surface area contributed by atoms with E-state index >= 15 is 0 Å². The van der Waals surface area contributed by atoms with Crippen molar-refractivity contribution in [1.29, 1.82) is 0 Å². The largest absolute Gasteiger partial charge is 0.496 e. The van der Waals surface area contributed by atoms with E-state index in [2.05, 4.69) is 15.5 Å². The van der Waals surface area contributed by atoms with Gasteiger partial charge in [-0.25, -0.2) is 0 Å². The summed E-state index contributed by atoms with van der Waals surface area (Å²) in [5.41, 5.74) is 0.930. The molecule has 11 heteroatoms. The zero-order valence-electron chi connectivity index (χ0n) is 18.7. The number of benzene rings is 3. The van der Waals surface area contributed by atoms with Gasteiger partial charge in [-0.1, -0.05) is 42.1 Å². The van der Waals surface area contributed by atoms with Crippen molar-refractivity contribution < 1.29 is 18.8 Å². The number of methoxy groups -OCH3 is 1. The summed E-state index contributed by atoms with van der Waals surface area (Å²) in [5.74, 6) is -0.247. The molecule has 9 nitrogen and oxygen atoms in total. The van der Waals surface area contributed by atoms with Gasteiger partial charge in [0.1, 0.15) is 5.75 Å². The number of thioether (sulfide) groups is 1. The standard InChI is InChI=1S/C24H20FN5O4S/c1-15(23(31)26-16-12-13-19(25)20(14-16)30(32)33)35-24-28-27-22(18-10-6-7-11-21(18)34-2)29(24)17-8-4-3-5-9-17/h3-15H,1-2H3,(H,26,31)/t15-/m1/s1. The highest BCUT2D eigenvalue weighted by Crippen LogP contribution is 2.34. The summed E-state index contributed by atoms with van der Waals surface area (Å²) in [6.45, 7) is 1.67. The van der Waals surface area contributed by atoms with Crippen molar-refractivity contribution in [2.24, 2.45) is 0 Å². The SMILES string of the molecule is COc1ccccc1-c1nnc(S[C@H](C)C(=O)Nc2ccc(F)c([N+](=O)[O-])c2)n1-c1ccccc1. The molecule has 1 aromatic heterocycles. The molecule has 1 amide bonds. The summed E-state index contributed by atoms with van der Waals surface area (Å²) in [6.07, 6.45) is 0. The van der Waals surface area contributed by atoms with Crippen LogP contribution in [0.1, 0.15) is 6.92 Å². The Labute approximate surface area is 204 Å². The van der Waals surface area contributed by atoms with Crippen molar-refractivity contribution in [3.8, 4) is 22.8 Å². The minimum atomic E-state index is -0.977. The fourth-order valence-corrected chi connectivity index (χ4v) is 4.21. The Morgan fingerprint density at radius 1 is 1.11 bits per heavy atom. The number of para-hydroxylation sites is 2. The van der Waals surface area contributed by atoms with Gasteiger partial charge in [0.05, 0.1) is 22.8 Å². The van der Waals surface area contributed by atoms with Gasteiger partial charge in [-0.2, -0.15) is 4.39 Å². The van der Waals surface area contributed by atoms with Crippen LogP contribution in [0.4, 0.5) is 15.8 Å². The third-order valence-electron chi connectivity index (χ3n) is 5.06. The molecule has 0 bridgehead atoms. The highest BCUT2D eigenvalue weighted by Gasteiger charge is 2.24. The van der Waals surface area contributed by atoms with Crippen LogP contribution in [0, 0.1) is 15.9 Å². The Morgan fingerprint density at radius 3 is 2.54 bits per heavy atom. The molecular formula is C24H20FN5O4S. The number of anilines is 1. The van der Waals surface area contributed by atoms with E-state index in [1.807, 2.05) is 59.2 Å². The Hall–Kier alpha value is -4.25. The van der Waals surface area contributed by atoms with Gasteiger partial charge in [-0.3, -0.25) is 19.5 Å². The quantitative estimate of drug-likeness (QED) is 0.206. The molecule has 0 aliphatic carbocycles. The molecule has 0 fully saturated rings. The minimum Gasteiger partial charge on any atom is -0.496 e. The molecule has 1 N–H and O–H groups in total. The summed E-state index contributed by atoms with van der Waals surface area (Å²) in [4.78, 5) is 23.0. The average molecular weight is 494 g/mol. The zero-order valence-corrected chi connectivity index (χ0v) is 19.5. The Balaban J connectivity index is 1.64. The number of halogens is 1. The molecule has 3 aromatic carbocycles. The Bertz CT molecular complexity index is 1380. The van der Waals surface area contributed by atoms with Gasteiger partial charge in [0, 0.05) is 17.4 Å². The normalized spacial score (nSPS) is 11.6. The van der Waals surface area contributed by atoms with Crippen LogP contribution >= 0.6 is 11.8 Å². The number of nitro benzene ring substituents is 1. The van der Waals surface area contributed by atoms with E-state index in [1.54, 1.807) is 14.0 Å². The molecule has 0 spiro atoms. The number of carbonyl (C=O) groups excluding carboxylic acids is 1. The second-order valence-electron chi connectivity index (χ2n) is 7.35. The molecule has 0 aliphatic rings. The van der Waals surface area contributed by atoms with Crippen LogP contribution in [0.25, 0.3) is 17.1 Å². The fraction of sp³-hybridized carbons (Fsp3) is 0.125. The van der Waals surface area contributed by atoms with Crippen LogP contribution < -0.4 is 10.1 Å². The van der Waals surface area contributed by atoms with E-state index in [0.717, 1.165) is 35.1 Å². The number of nitro groups is 1. The number of nitrogens with zero attached hydrogens (tertiary/aromatic N) is 4. The molecule has 0 radical (unpaired) electrons. The number of aromatic nitrogens is 3. The van der Waals surface area contributed by atoms with Crippen molar-refractivity contribution >= 4 is 29.0 Å². The van der Waals surface area contributed by atoms with E-state index in [-0.39, 0.29) is 5.69 Å². The third kappa shape index (κ3) is 5.14. The molecule has 4 rings (SSSR count). The summed E-state index contributed by atoms with van der Waals surface area (Å²) in [7, 11) is 1.57. The predicted molar refractivity (Wildman–Crippen MR) is 130 cm³/mol. The van der Waals surface area contributed by atoms with Crippen molar-refractivity contribution in [2.45, 2.75) is 17.3 Å². The number of amides is 1. The van der Waals surface area contributed by atoms with E-state index in [1.165, 1.54) is 6.07 Å². The number of rotatable bonds is 8. The number of ether oxygens (including phenoxy) is 1. The van der Waals surface area contributed by atoms with E-state index < -0.39 is 27.6 Å². The molecule has 0 unspecified atom stereocenters. The van der Waals surface area contributed by atoms with E-state index in [4.69, 9.17) is 4.74 Å². The monoisotopic (exact) mass is 493 g/mol. The fourth-order valence-electron chi connectivity index (χ4n) is 3.35. The number of hydrogen-bond acceptors (Lipinski definition) is 7. The lowest BCUT2D eigenvalue weighted by Crippen LogP contribution is -2.23. The van der Waals surface area contributed by atoms with Crippen molar-refractivity contribution in [2.75, 3.05) is 12.4 Å². The maximum absolute atomic E-state index is 13.6. The van der Waals surface area contributed by atoms with Gasteiger partial charge in [-0.05, 0) is 43.3 Å². The Kier molecular flexibility index (Phi) is 7.06. The first kappa shape index (κ1) is 23.9. The number of carbonyl (C=O) groups is 1. The second kappa shape index (κ2) is 10.3. The topological polar surface area (TPSA) is 112 Å². The molecule has 0 saturated heterocycles. The highest BCUT2D eigenvalue weighted by molar-refractivity contribution is 8.00. The first-order valence-electron chi connectivity index (χ1n) is 10.4. The first-order valence-corrected chi connectivity index (χ1v) is 11.3. The number of nitrogens with one attached hydrogen (secondary N) is 1. The smallest absolute Gasteiger partial charge is 0.306 e. The predicted octanol–water partition coefficient (Wildman–Crippen LogP) is 5.11. The summed E-state index contributed by atoms with van der Waals surface area (Å²) >= 11 is 1.16. The Morgan fingerprint density at radius 2 is 1.83 bits per heavy atom. The van der Waals surface area contributed by atoms with Gasteiger partial charge in [-0.15, -0.1) is 10.2 Å². The van der Waals surface area contributed by atoms with Crippen molar-refractivity contribution in [3.05, 3.63) is 88.7 Å². The van der Waals surface area contributed by atoms with Crippen LogP contribution in [0.2, 0.25) is 0 Å². The molecule has 0 aliphatic heterocycles. The number of hydrogen-bond donors (Lipinski definition) is 1. The second-order valence-corrected chi connectivity index (χ2v) is 8.66. The molecule has 0 saturated carbocycles. The lowest BCUT2D eigenvalue weighted by atomic mass is 10.2. The highest BCUT2D eigenvalue weighted by atomic mass is 32.2. The molecular weight excluding hydrogens is 473 g/mol. The van der Waals surface area contributed by atoms with Gasteiger partial charge in [0.2, 0.25) is 11.7 Å². The van der Waals surface area contributed by atoms with E-state index in [9.17, 15) is 19.3 Å². The van der Waals surface area contributed by atoms with Gasteiger partial charge in [0.25, 0.3) is 0 Å². The summed E-state index contributed by atoms with van der Waals surface area (Å²) in [6, 6.07) is 20.1. The third-order valence-corrected chi connectivity index (χ3v) is 6.10. The van der Waals surface area contributed by atoms with Crippen LogP contribution in [0.3, 0.4) is 0 Å². The van der Waals surface area contributed by atoms with E-state index in [0.29, 0.717) is 16.7 Å². The van der Waals surface area contributed by atoms with Gasteiger partial charge >= 0.3 is 5.69 Å². The molecule has 1 atom stereocenters. The summed E-state index contributed by atoms with van der Waals surface area (Å²) in [5, 5.41) is 22.1. The molecule has 178 valence electrons. The average Bonchev–Trinajstić information content (AvgIpc) is 3.28. The molecule has 1 heterocycles. The maximum Gasteiger partial charge on any atom is 0.306 e. The van der Waals surface area contributed by atoms with Crippen LogP contribution in [0.5, 0.6) is 5.75 Å². The van der Waals surface area contributed by atoms with Crippen molar-refractivity contribution in [3.63, 3.8) is 0 Å². The first-order chi connectivity index (χ1) is 16.9. The minimum absolute atomic E-state index is 0.120. The van der Waals surface area contributed by atoms with Crippen LogP contribution in [-0.4, -0.2) is 38.0 Å².